The molecule has 9 heteroatoms. The molecular weight excluding hydrogens is 410 g/mol. The lowest BCUT2D eigenvalue weighted by Gasteiger charge is -2.08. The molecular formula is C20H15N3O4S2. The van der Waals surface area contributed by atoms with Crippen molar-refractivity contribution in [3.8, 4) is 0 Å². The van der Waals surface area contributed by atoms with Gasteiger partial charge in [-0.05, 0) is 47.2 Å². The van der Waals surface area contributed by atoms with Crippen molar-refractivity contribution in [2.24, 2.45) is 0 Å². The monoisotopic (exact) mass is 425 g/mol. The summed E-state index contributed by atoms with van der Waals surface area (Å²) in [6, 6.07) is 12.4. The third-order valence-corrected chi connectivity index (χ3v) is 5.69. The largest absolute Gasteiger partial charge is 0.452 e. The van der Waals surface area contributed by atoms with Crippen LogP contribution in [0, 0.1) is 0 Å². The number of nitrogens with one attached hydrogen (secondary N) is 3. The van der Waals surface area contributed by atoms with Gasteiger partial charge in [0.2, 0.25) is 0 Å². The predicted molar refractivity (Wildman–Crippen MR) is 115 cm³/mol. The molecule has 0 saturated heterocycles. The number of hydrogen-bond acceptors (Lipinski definition) is 6. The molecule has 0 aliphatic carbocycles. The van der Waals surface area contributed by atoms with E-state index in [1.165, 1.54) is 22.7 Å². The predicted octanol–water partition coefficient (Wildman–Crippen LogP) is 3.70. The maximum atomic E-state index is 12.6. The van der Waals surface area contributed by atoms with Crippen LogP contribution in [0.4, 0.5) is 5.69 Å². The summed E-state index contributed by atoms with van der Waals surface area (Å²) in [7, 11) is 0. The van der Waals surface area contributed by atoms with Crippen LogP contribution in [-0.2, 0) is 14.3 Å². The first-order valence-electron chi connectivity index (χ1n) is 8.56. The summed E-state index contributed by atoms with van der Waals surface area (Å²) in [6.45, 7) is -0.423. The van der Waals surface area contributed by atoms with Gasteiger partial charge in [0.15, 0.2) is 6.61 Å². The van der Waals surface area contributed by atoms with Crippen molar-refractivity contribution in [3.05, 3.63) is 73.5 Å². The first-order valence-corrected chi connectivity index (χ1v) is 10.3. The number of amides is 1. The second kappa shape index (κ2) is 8.29. The zero-order valence-corrected chi connectivity index (χ0v) is 16.6. The summed E-state index contributed by atoms with van der Waals surface area (Å²) < 4.78 is 5.23. The fourth-order valence-corrected chi connectivity index (χ4v) is 4.08. The van der Waals surface area contributed by atoms with Crippen molar-refractivity contribution in [2.45, 2.75) is 0 Å². The van der Waals surface area contributed by atoms with E-state index in [0.29, 0.717) is 22.3 Å². The number of imidazole rings is 1. The topological polar surface area (TPSA) is 104 Å². The lowest BCUT2D eigenvalue weighted by Crippen LogP contribution is -2.21. The molecule has 0 aliphatic heterocycles. The molecule has 3 aromatic heterocycles. The molecule has 0 atom stereocenters. The van der Waals surface area contributed by atoms with Crippen LogP contribution in [0.5, 0.6) is 0 Å². The summed E-state index contributed by atoms with van der Waals surface area (Å²) in [5, 5.41) is 6.45. The lowest BCUT2D eigenvalue weighted by atomic mass is 10.2. The number of benzene rings is 1. The fraction of sp³-hybridized carbons (Fsp3) is 0.0500. The molecule has 4 aromatic rings. The zero-order chi connectivity index (χ0) is 20.2. The van der Waals surface area contributed by atoms with E-state index in [2.05, 4.69) is 15.3 Å². The number of rotatable bonds is 6. The lowest BCUT2D eigenvalue weighted by molar-refractivity contribution is -0.141. The van der Waals surface area contributed by atoms with E-state index in [1.54, 1.807) is 24.3 Å². The Morgan fingerprint density at radius 1 is 1.03 bits per heavy atom. The molecule has 3 N–H and O–H groups in total. The highest BCUT2D eigenvalue weighted by atomic mass is 32.1. The van der Waals surface area contributed by atoms with Crippen molar-refractivity contribution >= 4 is 62.9 Å². The standard InChI is InChI=1S/C20H15N3O4S2/c24-18(21-12-5-6-15-16(9-12)23-20(26)22-15)11-27-19(25)14(17-4-2-8-29-17)10-13-3-1-7-28-13/h1-10H,11H2,(H,21,24)(H2,22,23,26). The Hall–Kier alpha value is -3.43. The van der Waals surface area contributed by atoms with Crippen LogP contribution in [0.25, 0.3) is 22.7 Å². The number of aromatic amines is 2. The van der Waals surface area contributed by atoms with Crippen LogP contribution in [0.15, 0.2) is 58.0 Å². The molecule has 0 aliphatic rings. The van der Waals surface area contributed by atoms with Gasteiger partial charge in [0.05, 0.1) is 16.6 Å². The number of aromatic nitrogens is 2. The van der Waals surface area contributed by atoms with Crippen LogP contribution >= 0.6 is 22.7 Å². The Morgan fingerprint density at radius 3 is 2.59 bits per heavy atom. The second-order valence-electron chi connectivity index (χ2n) is 6.01. The number of carbonyl (C=O) groups is 2. The molecule has 3 heterocycles. The molecule has 29 heavy (non-hydrogen) atoms. The van der Waals surface area contributed by atoms with Gasteiger partial charge >= 0.3 is 11.7 Å². The number of fused-ring (bicyclic) bond motifs is 1. The van der Waals surface area contributed by atoms with E-state index in [4.69, 9.17) is 4.74 Å². The van der Waals surface area contributed by atoms with Crippen LogP contribution in [0.3, 0.4) is 0 Å². The highest BCUT2D eigenvalue weighted by Crippen LogP contribution is 2.26. The molecule has 1 aromatic carbocycles. The Bertz CT molecular complexity index is 1230. The number of ether oxygens (including phenoxy) is 1. The SMILES string of the molecule is O=C(COC(=O)C(=Cc1cccs1)c1cccs1)Nc1ccc2[nH]c(=O)[nH]c2c1. The van der Waals surface area contributed by atoms with Crippen LogP contribution in [0.2, 0.25) is 0 Å². The van der Waals surface area contributed by atoms with Gasteiger partial charge in [-0.1, -0.05) is 12.1 Å². The van der Waals surface area contributed by atoms with Crippen LogP contribution < -0.4 is 11.0 Å². The van der Waals surface area contributed by atoms with E-state index in [1.807, 2.05) is 35.0 Å². The number of hydrogen-bond donors (Lipinski definition) is 3. The van der Waals surface area contributed by atoms with Crippen molar-refractivity contribution in [3.63, 3.8) is 0 Å². The van der Waals surface area contributed by atoms with E-state index in [0.717, 1.165) is 9.75 Å². The average Bonchev–Trinajstić information content (AvgIpc) is 3.45. The van der Waals surface area contributed by atoms with Gasteiger partial charge in [-0.15, -0.1) is 22.7 Å². The van der Waals surface area contributed by atoms with Gasteiger partial charge in [0.1, 0.15) is 0 Å². The Labute approximate surface area is 172 Å². The molecule has 0 bridgehead atoms. The minimum Gasteiger partial charge on any atom is -0.452 e. The smallest absolute Gasteiger partial charge is 0.340 e. The molecule has 0 fully saturated rings. The zero-order valence-electron chi connectivity index (χ0n) is 14.9. The fourth-order valence-electron chi connectivity index (χ4n) is 2.69. The van der Waals surface area contributed by atoms with Gasteiger partial charge in [0, 0.05) is 15.4 Å². The van der Waals surface area contributed by atoms with Crippen molar-refractivity contribution in [1.82, 2.24) is 9.97 Å². The summed E-state index contributed by atoms with van der Waals surface area (Å²) in [6.07, 6.45) is 1.76. The molecule has 7 nitrogen and oxygen atoms in total. The number of anilines is 1. The van der Waals surface area contributed by atoms with Crippen molar-refractivity contribution in [1.29, 1.82) is 0 Å². The van der Waals surface area contributed by atoms with Gasteiger partial charge in [-0.3, -0.25) is 4.79 Å². The van der Waals surface area contributed by atoms with Crippen LogP contribution in [0.1, 0.15) is 9.75 Å². The van der Waals surface area contributed by atoms with E-state index >= 15 is 0 Å². The molecule has 4 rings (SSSR count). The van der Waals surface area contributed by atoms with Gasteiger partial charge in [-0.2, -0.15) is 0 Å². The summed E-state index contributed by atoms with van der Waals surface area (Å²) in [5.74, 6) is -1.04. The molecule has 0 spiro atoms. The maximum absolute atomic E-state index is 12.6. The quantitative estimate of drug-likeness (QED) is 0.324. The highest BCUT2D eigenvalue weighted by molar-refractivity contribution is 7.12. The van der Waals surface area contributed by atoms with Crippen molar-refractivity contribution in [2.75, 3.05) is 11.9 Å². The number of esters is 1. The Morgan fingerprint density at radius 2 is 1.83 bits per heavy atom. The summed E-state index contributed by atoms with van der Waals surface area (Å²) in [5.41, 5.74) is 1.78. The molecule has 1 amide bonds. The Balaban J connectivity index is 1.42. The number of thiophene rings is 2. The van der Waals surface area contributed by atoms with Gasteiger partial charge in [0.25, 0.3) is 5.91 Å². The third kappa shape index (κ3) is 4.53. The first-order chi connectivity index (χ1) is 14.1. The molecule has 0 unspecified atom stereocenters. The number of carbonyl (C=O) groups excluding carboxylic acids is 2. The van der Waals surface area contributed by atoms with Gasteiger partial charge in [-0.25, -0.2) is 9.59 Å². The minimum absolute atomic E-state index is 0.323. The molecule has 146 valence electrons. The highest BCUT2D eigenvalue weighted by Gasteiger charge is 2.17. The van der Waals surface area contributed by atoms with E-state index in [-0.39, 0.29) is 5.69 Å². The summed E-state index contributed by atoms with van der Waals surface area (Å²) >= 11 is 2.93. The summed E-state index contributed by atoms with van der Waals surface area (Å²) in [4.78, 5) is 43.1. The van der Waals surface area contributed by atoms with E-state index in [9.17, 15) is 14.4 Å². The third-order valence-electron chi connectivity index (χ3n) is 3.97. The first kappa shape index (κ1) is 18.9. The minimum atomic E-state index is -0.568. The second-order valence-corrected chi connectivity index (χ2v) is 7.94. The number of H-pyrrole nitrogens is 2. The average molecular weight is 425 g/mol. The maximum Gasteiger partial charge on any atom is 0.340 e. The molecule has 0 radical (unpaired) electrons. The molecule has 0 saturated carbocycles. The van der Waals surface area contributed by atoms with Gasteiger partial charge < -0.3 is 20.0 Å². The van der Waals surface area contributed by atoms with Crippen LogP contribution in [-0.4, -0.2) is 28.5 Å². The van der Waals surface area contributed by atoms with Crippen molar-refractivity contribution < 1.29 is 14.3 Å². The normalized spacial score (nSPS) is 11.5. The van der Waals surface area contributed by atoms with E-state index < -0.39 is 18.5 Å². The Kier molecular flexibility index (Phi) is 5.41.